The zero-order valence-electron chi connectivity index (χ0n) is 19.6. The van der Waals surface area contributed by atoms with Crippen LogP contribution in [0, 0.1) is 17.0 Å². The first kappa shape index (κ1) is 24.7. The lowest BCUT2D eigenvalue weighted by molar-refractivity contribution is -0.384. The van der Waals surface area contributed by atoms with Gasteiger partial charge < -0.3 is 13.9 Å². The molecule has 1 aromatic heterocycles. The lowest BCUT2D eigenvalue weighted by Gasteiger charge is -2.21. The maximum Gasteiger partial charge on any atom is 0.333 e. The highest BCUT2D eigenvalue weighted by molar-refractivity contribution is 7.92. The highest BCUT2D eigenvalue weighted by Crippen LogP contribution is 2.32. The van der Waals surface area contributed by atoms with Crippen molar-refractivity contribution in [1.82, 2.24) is 10.2 Å². The Morgan fingerprint density at radius 1 is 0.972 bits per heavy atom. The van der Waals surface area contributed by atoms with Gasteiger partial charge in [0.05, 0.1) is 30.6 Å². The first-order valence-corrected chi connectivity index (χ1v) is 12.1. The minimum absolute atomic E-state index is 0.00528. The number of aromatic nitrogens is 2. The Kier molecular flexibility index (Phi) is 6.88. The molecule has 4 rings (SSSR count). The third-order valence-electron chi connectivity index (χ3n) is 5.37. The molecule has 0 aliphatic carbocycles. The number of non-ortho nitro benzene ring substituents is 1. The van der Waals surface area contributed by atoms with E-state index in [0.717, 1.165) is 9.87 Å². The van der Waals surface area contributed by atoms with Crippen molar-refractivity contribution in [3.05, 3.63) is 88.0 Å². The molecule has 4 aromatic rings. The summed E-state index contributed by atoms with van der Waals surface area (Å²) in [7, 11) is -1.15. The summed E-state index contributed by atoms with van der Waals surface area (Å²) in [4.78, 5) is 10.4. The van der Waals surface area contributed by atoms with Crippen molar-refractivity contribution >= 4 is 21.7 Å². The minimum Gasteiger partial charge on any atom is -0.497 e. The monoisotopic (exact) mass is 510 g/mol. The molecule has 186 valence electrons. The van der Waals surface area contributed by atoms with Crippen LogP contribution in [0.1, 0.15) is 11.1 Å². The van der Waals surface area contributed by atoms with Crippen LogP contribution in [-0.4, -0.2) is 37.8 Å². The number of methoxy groups -OCH3 is 2. The van der Waals surface area contributed by atoms with Crippen molar-refractivity contribution in [2.75, 3.05) is 18.5 Å². The number of anilines is 1. The largest absolute Gasteiger partial charge is 0.497 e. The number of hydrogen-bond acceptors (Lipinski definition) is 9. The van der Waals surface area contributed by atoms with Crippen LogP contribution in [0.5, 0.6) is 11.5 Å². The fourth-order valence-corrected chi connectivity index (χ4v) is 4.71. The number of benzene rings is 3. The van der Waals surface area contributed by atoms with Gasteiger partial charge in [0.15, 0.2) is 0 Å². The molecule has 0 atom stereocenters. The third kappa shape index (κ3) is 4.98. The lowest BCUT2D eigenvalue weighted by Crippen LogP contribution is -2.31. The van der Waals surface area contributed by atoms with Crippen molar-refractivity contribution in [3.8, 4) is 23.0 Å². The molecule has 0 bridgehead atoms. The second-order valence-electron chi connectivity index (χ2n) is 7.70. The van der Waals surface area contributed by atoms with Gasteiger partial charge in [-0.2, -0.15) is 0 Å². The first-order valence-electron chi connectivity index (χ1n) is 10.6. The van der Waals surface area contributed by atoms with Gasteiger partial charge in [0.25, 0.3) is 15.7 Å². The Labute approximate surface area is 207 Å². The highest BCUT2D eigenvalue weighted by Gasteiger charge is 2.31. The van der Waals surface area contributed by atoms with Gasteiger partial charge in [0.1, 0.15) is 11.5 Å². The molecule has 0 amide bonds. The fourth-order valence-electron chi connectivity index (χ4n) is 3.39. The lowest BCUT2D eigenvalue weighted by atomic mass is 10.2. The number of nitro groups is 1. The van der Waals surface area contributed by atoms with Gasteiger partial charge >= 0.3 is 6.01 Å². The van der Waals surface area contributed by atoms with E-state index in [0.29, 0.717) is 22.6 Å². The number of nitro benzene ring substituents is 1. The average molecular weight is 511 g/mol. The second kappa shape index (κ2) is 10.0. The van der Waals surface area contributed by atoms with Crippen molar-refractivity contribution in [2.24, 2.45) is 0 Å². The minimum atomic E-state index is -4.14. The van der Waals surface area contributed by atoms with Gasteiger partial charge in [-0.1, -0.05) is 22.8 Å². The maximum absolute atomic E-state index is 13.7. The molecular weight excluding hydrogens is 488 g/mol. The van der Waals surface area contributed by atoms with E-state index in [-0.39, 0.29) is 29.0 Å². The summed E-state index contributed by atoms with van der Waals surface area (Å²) >= 11 is 0. The summed E-state index contributed by atoms with van der Waals surface area (Å²) < 4.78 is 44.8. The van der Waals surface area contributed by atoms with Crippen molar-refractivity contribution < 1.29 is 27.2 Å². The molecule has 12 heteroatoms. The average Bonchev–Trinajstić information content (AvgIpc) is 3.37. The summed E-state index contributed by atoms with van der Waals surface area (Å²) in [5.41, 5.74) is 1.72. The second-order valence-corrected chi connectivity index (χ2v) is 9.56. The van der Waals surface area contributed by atoms with Crippen LogP contribution in [0.2, 0.25) is 0 Å². The van der Waals surface area contributed by atoms with E-state index < -0.39 is 14.9 Å². The highest BCUT2D eigenvalue weighted by atomic mass is 32.2. The van der Waals surface area contributed by atoms with Crippen LogP contribution in [0.25, 0.3) is 11.5 Å². The molecule has 0 spiro atoms. The molecule has 0 aliphatic rings. The van der Waals surface area contributed by atoms with Crippen LogP contribution in [0.15, 0.2) is 76.0 Å². The number of nitrogens with zero attached hydrogens (tertiary/aromatic N) is 4. The van der Waals surface area contributed by atoms with Crippen LogP contribution >= 0.6 is 0 Å². The number of hydrogen-bond donors (Lipinski definition) is 0. The Morgan fingerprint density at radius 2 is 1.67 bits per heavy atom. The summed E-state index contributed by atoms with van der Waals surface area (Å²) in [6, 6.07) is 16.6. The van der Waals surface area contributed by atoms with Crippen LogP contribution < -0.4 is 13.8 Å². The van der Waals surface area contributed by atoms with E-state index >= 15 is 0 Å². The Balaban J connectivity index is 1.77. The predicted octanol–water partition coefficient (Wildman–Crippen LogP) is 4.37. The zero-order chi connectivity index (χ0) is 25.9. The van der Waals surface area contributed by atoms with Crippen molar-refractivity contribution in [3.63, 3.8) is 0 Å². The summed E-state index contributed by atoms with van der Waals surface area (Å²) in [6.07, 6.45) is 0. The predicted molar refractivity (Wildman–Crippen MR) is 130 cm³/mol. The van der Waals surface area contributed by atoms with Crippen LogP contribution in [0.4, 0.5) is 11.7 Å². The number of ether oxygens (including phenoxy) is 2. The Bertz CT molecular complexity index is 1480. The number of aryl methyl sites for hydroxylation is 1. The van der Waals surface area contributed by atoms with Crippen LogP contribution in [0.3, 0.4) is 0 Å². The van der Waals surface area contributed by atoms with E-state index in [1.165, 1.54) is 50.6 Å². The molecule has 3 aromatic carbocycles. The quantitative estimate of drug-likeness (QED) is 0.237. The summed E-state index contributed by atoms with van der Waals surface area (Å²) in [5, 5.41) is 18.9. The summed E-state index contributed by atoms with van der Waals surface area (Å²) in [5.74, 6) is 0.959. The number of sulfonamides is 1. The van der Waals surface area contributed by atoms with Gasteiger partial charge in [0, 0.05) is 29.3 Å². The standard InChI is InChI=1S/C24H22N4O7S/c1-16-4-12-21(13-5-16)36(31,32)27(15-18-8-11-20(33-2)14-22(18)34-3)24-26-25-23(35-24)17-6-9-19(10-7-17)28(29)30/h4-14H,15H2,1-3H3. The SMILES string of the molecule is COc1ccc(CN(c2nnc(-c3ccc([N+](=O)[O-])cc3)o2)S(=O)(=O)c2ccc(C)cc2)c(OC)c1. The normalized spacial score (nSPS) is 11.2. The van der Waals surface area contributed by atoms with E-state index in [9.17, 15) is 18.5 Å². The van der Waals surface area contributed by atoms with E-state index in [4.69, 9.17) is 13.9 Å². The molecule has 11 nitrogen and oxygen atoms in total. The van der Waals surface area contributed by atoms with Gasteiger partial charge in [-0.05, 0) is 43.3 Å². The van der Waals surface area contributed by atoms with Crippen LogP contribution in [-0.2, 0) is 16.6 Å². The molecule has 0 saturated heterocycles. The molecule has 0 unspecified atom stereocenters. The molecule has 36 heavy (non-hydrogen) atoms. The van der Waals surface area contributed by atoms with Gasteiger partial charge in [0.2, 0.25) is 5.89 Å². The van der Waals surface area contributed by atoms with E-state index in [1.807, 2.05) is 6.92 Å². The van der Waals surface area contributed by atoms with E-state index in [1.54, 1.807) is 30.3 Å². The molecule has 0 fully saturated rings. The van der Waals surface area contributed by atoms with Gasteiger partial charge in [-0.25, -0.2) is 12.7 Å². The fraction of sp³-hybridized carbons (Fsp3) is 0.167. The zero-order valence-corrected chi connectivity index (χ0v) is 20.4. The third-order valence-corrected chi connectivity index (χ3v) is 7.10. The molecule has 1 heterocycles. The molecular formula is C24H22N4O7S. The summed E-state index contributed by atoms with van der Waals surface area (Å²) in [6.45, 7) is 1.68. The van der Waals surface area contributed by atoms with Gasteiger partial charge in [-0.3, -0.25) is 10.1 Å². The number of rotatable bonds is 9. The molecule has 0 aliphatic heterocycles. The topological polar surface area (TPSA) is 138 Å². The van der Waals surface area contributed by atoms with Crippen molar-refractivity contribution in [2.45, 2.75) is 18.4 Å². The molecule has 0 saturated carbocycles. The van der Waals surface area contributed by atoms with Gasteiger partial charge in [-0.15, -0.1) is 5.10 Å². The Morgan fingerprint density at radius 3 is 2.28 bits per heavy atom. The Hall–Kier alpha value is -4.45. The molecule has 0 N–H and O–H groups in total. The van der Waals surface area contributed by atoms with Crippen molar-refractivity contribution in [1.29, 1.82) is 0 Å². The molecule has 0 radical (unpaired) electrons. The first-order chi connectivity index (χ1) is 17.2. The smallest absolute Gasteiger partial charge is 0.333 e. The maximum atomic E-state index is 13.7. The van der Waals surface area contributed by atoms with E-state index in [2.05, 4.69) is 10.2 Å².